The van der Waals surface area contributed by atoms with Crippen LogP contribution >= 0.6 is 0 Å². The highest BCUT2D eigenvalue weighted by Crippen LogP contribution is 2.31. The van der Waals surface area contributed by atoms with Gasteiger partial charge in [0.1, 0.15) is 11.6 Å². The number of nitrogens with zero attached hydrogens (tertiary/aromatic N) is 6. The topological polar surface area (TPSA) is 63.8 Å². The van der Waals surface area contributed by atoms with Gasteiger partial charge in [0.2, 0.25) is 5.95 Å². The van der Waals surface area contributed by atoms with E-state index in [4.69, 9.17) is 0 Å². The standard InChI is InChI=1S/C26H24F3N7/c1-34(2)15-16-35-13-10-19-17-21(7-8-22(19)35)32-25-31-11-9-23(33-25)36-14-12-30-24(36)18-3-5-20(6-4-18)26(27,28)29/h3-14,17H,15-16H2,1-2H3,(H,31,32,33). The molecule has 3 aromatic heterocycles. The SMILES string of the molecule is CN(C)CCn1ccc2cc(Nc3nccc(-n4ccnc4-c4ccc(C(F)(F)F)cc4)n3)ccc21. The minimum absolute atomic E-state index is 0.394. The molecule has 0 amide bonds. The van der Waals surface area contributed by atoms with Crippen molar-refractivity contribution < 1.29 is 13.2 Å². The number of likely N-dealkylation sites (N-methyl/N-ethyl adjacent to an activating group) is 1. The summed E-state index contributed by atoms with van der Waals surface area (Å²) in [4.78, 5) is 15.4. The van der Waals surface area contributed by atoms with E-state index in [2.05, 4.69) is 62.2 Å². The number of halogens is 3. The van der Waals surface area contributed by atoms with Crippen molar-refractivity contribution in [3.63, 3.8) is 0 Å². The zero-order valence-electron chi connectivity index (χ0n) is 19.7. The van der Waals surface area contributed by atoms with Crippen molar-refractivity contribution >= 4 is 22.5 Å². The Morgan fingerprint density at radius 1 is 0.917 bits per heavy atom. The number of fused-ring (bicyclic) bond motifs is 1. The van der Waals surface area contributed by atoms with Gasteiger partial charge in [-0.3, -0.25) is 4.57 Å². The Labute approximate surface area is 205 Å². The van der Waals surface area contributed by atoms with Crippen molar-refractivity contribution in [1.82, 2.24) is 29.0 Å². The highest BCUT2D eigenvalue weighted by molar-refractivity contribution is 5.84. The molecule has 184 valence electrons. The van der Waals surface area contributed by atoms with Crippen LogP contribution in [0.3, 0.4) is 0 Å². The van der Waals surface area contributed by atoms with E-state index >= 15 is 0 Å². The van der Waals surface area contributed by atoms with Gasteiger partial charge in [-0.2, -0.15) is 18.2 Å². The van der Waals surface area contributed by atoms with Crippen molar-refractivity contribution in [2.75, 3.05) is 26.0 Å². The van der Waals surface area contributed by atoms with Crippen LogP contribution in [-0.2, 0) is 12.7 Å². The number of benzene rings is 2. The monoisotopic (exact) mass is 491 g/mol. The quantitative estimate of drug-likeness (QED) is 0.321. The zero-order valence-corrected chi connectivity index (χ0v) is 19.7. The molecular formula is C26H24F3N7. The van der Waals surface area contributed by atoms with Gasteiger partial charge in [-0.05, 0) is 56.6 Å². The fourth-order valence-electron chi connectivity index (χ4n) is 3.96. The lowest BCUT2D eigenvalue weighted by Gasteiger charge is -2.12. The Hall–Kier alpha value is -4.18. The number of aromatic nitrogens is 5. The first-order valence-electron chi connectivity index (χ1n) is 11.3. The van der Waals surface area contributed by atoms with E-state index in [0.717, 1.165) is 41.8 Å². The van der Waals surface area contributed by atoms with Gasteiger partial charge in [-0.15, -0.1) is 0 Å². The van der Waals surface area contributed by atoms with Crippen LogP contribution in [0.4, 0.5) is 24.8 Å². The number of nitrogens with one attached hydrogen (secondary N) is 1. The number of hydrogen-bond acceptors (Lipinski definition) is 5. The van der Waals surface area contributed by atoms with Gasteiger partial charge < -0.3 is 14.8 Å². The highest BCUT2D eigenvalue weighted by atomic mass is 19.4. The van der Waals surface area contributed by atoms with Crippen LogP contribution in [0.15, 0.2) is 79.4 Å². The molecular weight excluding hydrogens is 467 g/mol. The molecule has 0 bridgehead atoms. The second-order valence-corrected chi connectivity index (χ2v) is 8.65. The number of anilines is 2. The van der Waals surface area contributed by atoms with E-state index in [-0.39, 0.29) is 0 Å². The molecule has 7 nitrogen and oxygen atoms in total. The van der Waals surface area contributed by atoms with Gasteiger partial charge in [0.05, 0.1) is 5.56 Å². The maximum Gasteiger partial charge on any atom is 0.416 e. The third-order valence-electron chi connectivity index (χ3n) is 5.81. The molecule has 0 aliphatic heterocycles. The lowest BCUT2D eigenvalue weighted by molar-refractivity contribution is -0.137. The van der Waals surface area contributed by atoms with Crippen molar-refractivity contribution in [2.24, 2.45) is 0 Å². The average Bonchev–Trinajstić information content (AvgIpc) is 3.50. The van der Waals surface area contributed by atoms with Crippen LogP contribution < -0.4 is 5.32 Å². The van der Waals surface area contributed by atoms with Gasteiger partial charge in [0.25, 0.3) is 0 Å². The molecule has 5 aromatic rings. The normalized spacial score (nSPS) is 11.9. The predicted octanol–water partition coefficient (Wildman–Crippen LogP) is 5.61. The highest BCUT2D eigenvalue weighted by Gasteiger charge is 2.30. The van der Waals surface area contributed by atoms with E-state index in [9.17, 15) is 13.2 Å². The van der Waals surface area contributed by atoms with E-state index in [1.807, 2.05) is 12.1 Å². The van der Waals surface area contributed by atoms with Crippen molar-refractivity contribution in [1.29, 1.82) is 0 Å². The molecule has 0 atom stereocenters. The van der Waals surface area contributed by atoms with Crippen LogP contribution in [0.1, 0.15) is 5.56 Å². The Kier molecular flexibility index (Phi) is 6.19. The van der Waals surface area contributed by atoms with Crippen LogP contribution in [0, 0.1) is 0 Å². The van der Waals surface area contributed by atoms with Crippen molar-refractivity contribution in [3.05, 3.63) is 84.9 Å². The summed E-state index contributed by atoms with van der Waals surface area (Å²) in [6.45, 7) is 1.85. The lowest BCUT2D eigenvalue weighted by atomic mass is 10.1. The maximum atomic E-state index is 12.9. The molecule has 5 rings (SSSR count). The lowest BCUT2D eigenvalue weighted by Crippen LogP contribution is -2.17. The molecule has 0 unspecified atom stereocenters. The third kappa shape index (κ3) is 4.94. The van der Waals surface area contributed by atoms with Crippen molar-refractivity contribution in [2.45, 2.75) is 12.7 Å². The van der Waals surface area contributed by atoms with E-state index in [0.29, 0.717) is 23.2 Å². The van der Waals surface area contributed by atoms with Gasteiger partial charge >= 0.3 is 6.18 Å². The second kappa shape index (κ2) is 9.46. The number of imidazole rings is 1. The third-order valence-corrected chi connectivity index (χ3v) is 5.81. The zero-order chi connectivity index (χ0) is 25.3. The second-order valence-electron chi connectivity index (χ2n) is 8.65. The molecule has 0 spiro atoms. The molecule has 0 aliphatic rings. The van der Waals surface area contributed by atoms with Crippen molar-refractivity contribution in [3.8, 4) is 17.2 Å². The molecule has 2 aromatic carbocycles. The summed E-state index contributed by atoms with van der Waals surface area (Å²) in [5, 5.41) is 4.35. The molecule has 0 aliphatic carbocycles. The van der Waals surface area contributed by atoms with Gasteiger partial charge in [-0.1, -0.05) is 12.1 Å². The molecule has 0 fully saturated rings. The van der Waals surface area contributed by atoms with Crippen LogP contribution in [0.5, 0.6) is 0 Å². The van der Waals surface area contributed by atoms with Gasteiger partial charge in [0, 0.05) is 60.0 Å². The first-order chi connectivity index (χ1) is 17.3. The molecule has 0 saturated carbocycles. The largest absolute Gasteiger partial charge is 0.416 e. The number of hydrogen-bond donors (Lipinski definition) is 1. The fraction of sp³-hybridized carbons (Fsp3) is 0.192. The van der Waals surface area contributed by atoms with Crippen LogP contribution in [0.2, 0.25) is 0 Å². The first-order valence-corrected chi connectivity index (χ1v) is 11.3. The molecule has 3 heterocycles. The minimum atomic E-state index is -4.39. The maximum absolute atomic E-state index is 12.9. The summed E-state index contributed by atoms with van der Waals surface area (Å²) < 4.78 is 42.7. The summed E-state index contributed by atoms with van der Waals surface area (Å²) in [5.74, 6) is 1.41. The summed E-state index contributed by atoms with van der Waals surface area (Å²) in [7, 11) is 4.11. The fourth-order valence-corrected chi connectivity index (χ4v) is 3.96. The Morgan fingerprint density at radius 3 is 2.47 bits per heavy atom. The summed E-state index contributed by atoms with van der Waals surface area (Å²) in [6, 6.07) is 14.8. The van der Waals surface area contributed by atoms with Crippen LogP contribution in [0.25, 0.3) is 28.1 Å². The van der Waals surface area contributed by atoms with Gasteiger partial charge in [-0.25, -0.2) is 9.97 Å². The Balaban J connectivity index is 1.38. The average molecular weight is 492 g/mol. The predicted molar refractivity (Wildman–Crippen MR) is 133 cm³/mol. The van der Waals surface area contributed by atoms with E-state index in [1.165, 1.54) is 12.1 Å². The molecule has 0 radical (unpaired) electrons. The molecule has 1 N–H and O–H groups in total. The van der Waals surface area contributed by atoms with Gasteiger partial charge in [0.15, 0.2) is 0 Å². The summed E-state index contributed by atoms with van der Waals surface area (Å²) in [5.41, 5.74) is 1.84. The number of alkyl halides is 3. The minimum Gasteiger partial charge on any atom is -0.346 e. The van der Waals surface area contributed by atoms with E-state index < -0.39 is 11.7 Å². The molecule has 36 heavy (non-hydrogen) atoms. The molecule has 10 heteroatoms. The Morgan fingerprint density at radius 2 is 1.72 bits per heavy atom. The van der Waals surface area contributed by atoms with E-state index in [1.54, 1.807) is 29.2 Å². The molecule has 0 saturated heterocycles. The van der Waals surface area contributed by atoms with Crippen LogP contribution in [-0.4, -0.2) is 49.6 Å². The summed E-state index contributed by atoms with van der Waals surface area (Å²) in [6.07, 6.45) is 2.60. The summed E-state index contributed by atoms with van der Waals surface area (Å²) >= 11 is 0. The Bertz CT molecular complexity index is 1480. The smallest absolute Gasteiger partial charge is 0.346 e. The first kappa shape index (κ1) is 23.6. The number of rotatable bonds is 7.